The normalized spacial score (nSPS) is 11.7. The predicted molar refractivity (Wildman–Crippen MR) is 78.6 cm³/mol. The van der Waals surface area contributed by atoms with Crippen LogP contribution in [0.4, 0.5) is 5.69 Å². The Morgan fingerprint density at radius 3 is 2.15 bits per heavy atom. The summed E-state index contributed by atoms with van der Waals surface area (Å²) in [6.45, 7) is 3.85. The number of sulfonamides is 1. The molecule has 0 amide bonds. The minimum atomic E-state index is -3.68. The number of benzene rings is 1. The molecule has 0 atom stereocenters. The van der Waals surface area contributed by atoms with Crippen LogP contribution in [-0.4, -0.2) is 28.7 Å². The van der Waals surface area contributed by atoms with Crippen LogP contribution in [0.25, 0.3) is 0 Å². The third-order valence-corrected chi connectivity index (χ3v) is 4.65. The van der Waals surface area contributed by atoms with Gasteiger partial charge >= 0.3 is 0 Å². The fraction of sp³-hybridized carbons (Fsp3) is 0.538. The van der Waals surface area contributed by atoms with Crippen molar-refractivity contribution in [2.45, 2.75) is 37.6 Å². The van der Waals surface area contributed by atoms with Crippen molar-refractivity contribution >= 4 is 15.7 Å². The first-order chi connectivity index (χ1) is 9.39. The minimum absolute atomic E-state index is 0.0187. The van der Waals surface area contributed by atoms with E-state index in [4.69, 9.17) is 15.2 Å². The fourth-order valence-electron chi connectivity index (χ4n) is 1.84. The van der Waals surface area contributed by atoms with Crippen LogP contribution in [0.5, 0.6) is 11.5 Å². The first-order valence-electron chi connectivity index (χ1n) is 6.43. The second-order valence-corrected chi connectivity index (χ2v) is 6.06. The van der Waals surface area contributed by atoms with Crippen LogP contribution >= 0.6 is 0 Å². The molecule has 0 heterocycles. The van der Waals surface area contributed by atoms with Crippen LogP contribution in [0.3, 0.4) is 0 Å². The van der Waals surface area contributed by atoms with Gasteiger partial charge < -0.3 is 15.2 Å². The standard InChI is InChI=1S/C13H22N2O4S/c1-5-9(6-2)15-20(16,17)13-7-10(14)11(18-3)8-12(13)19-4/h7-9,15H,5-6,14H2,1-4H3. The third-order valence-electron chi connectivity index (χ3n) is 3.11. The zero-order valence-electron chi connectivity index (χ0n) is 12.3. The van der Waals surface area contributed by atoms with E-state index in [1.807, 2.05) is 13.8 Å². The summed E-state index contributed by atoms with van der Waals surface area (Å²) in [5, 5.41) is 0. The fourth-order valence-corrected chi connectivity index (χ4v) is 3.43. The molecule has 1 aromatic rings. The van der Waals surface area contributed by atoms with Crippen LogP contribution in [0.2, 0.25) is 0 Å². The molecule has 0 aromatic heterocycles. The Morgan fingerprint density at radius 2 is 1.70 bits per heavy atom. The van der Waals surface area contributed by atoms with Gasteiger partial charge in [-0.2, -0.15) is 0 Å². The van der Waals surface area contributed by atoms with Crippen LogP contribution in [0, 0.1) is 0 Å². The summed E-state index contributed by atoms with van der Waals surface area (Å²) in [6.07, 6.45) is 1.42. The maximum absolute atomic E-state index is 12.4. The van der Waals surface area contributed by atoms with E-state index in [1.165, 1.54) is 26.4 Å². The average molecular weight is 302 g/mol. The van der Waals surface area contributed by atoms with Crippen molar-refractivity contribution < 1.29 is 17.9 Å². The lowest BCUT2D eigenvalue weighted by atomic mass is 10.2. The highest BCUT2D eigenvalue weighted by atomic mass is 32.2. The maximum Gasteiger partial charge on any atom is 0.244 e. The average Bonchev–Trinajstić information content (AvgIpc) is 2.44. The molecule has 1 rings (SSSR count). The highest BCUT2D eigenvalue weighted by molar-refractivity contribution is 7.89. The Bertz CT molecular complexity index is 554. The van der Waals surface area contributed by atoms with Crippen molar-refractivity contribution in [3.05, 3.63) is 12.1 Å². The molecular formula is C13H22N2O4S. The molecule has 114 valence electrons. The summed E-state index contributed by atoms with van der Waals surface area (Å²) in [6, 6.07) is 2.70. The minimum Gasteiger partial charge on any atom is -0.495 e. The van der Waals surface area contributed by atoms with Crippen molar-refractivity contribution in [1.29, 1.82) is 0 Å². The van der Waals surface area contributed by atoms with Gasteiger partial charge in [-0.05, 0) is 18.9 Å². The number of methoxy groups -OCH3 is 2. The van der Waals surface area contributed by atoms with Gasteiger partial charge in [0, 0.05) is 12.1 Å². The molecule has 1 aromatic carbocycles. The van der Waals surface area contributed by atoms with Crippen LogP contribution in [0.15, 0.2) is 17.0 Å². The third kappa shape index (κ3) is 3.55. The van der Waals surface area contributed by atoms with E-state index in [0.717, 1.165) is 0 Å². The van der Waals surface area contributed by atoms with Gasteiger partial charge in [-0.25, -0.2) is 13.1 Å². The Morgan fingerprint density at radius 1 is 1.15 bits per heavy atom. The first kappa shape index (κ1) is 16.6. The van der Waals surface area contributed by atoms with Crippen molar-refractivity contribution in [2.75, 3.05) is 20.0 Å². The molecule has 0 spiro atoms. The molecule has 0 saturated heterocycles. The summed E-state index contributed by atoms with van der Waals surface area (Å²) in [7, 11) is -0.821. The molecular weight excluding hydrogens is 280 g/mol. The van der Waals surface area contributed by atoms with E-state index in [-0.39, 0.29) is 22.4 Å². The molecule has 3 N–H and O–H groups in total. The van der Waals surface area contributed by atoms with Gasteiger partial charge in [0.1, 0.15) is 16.4 Å². The quantitative estimate of drug-likeness (QED) is 0.749. The van der Waals surface area contributed by atoms with Gasteiger partial charge in [-0.1, -0.05) is 13.8 Å². The highest BCUT2D eigenvalue weighted by Gasteiger charge is 2.24. The van der Waals surface area contributed by atoms with Gasteiger partial charge in [0.15, 0.2) is 0 Å². The summed E-state index contributed by atoms with van der Waals surface area (Å²) in [5.74, 6) is 0.581. The van der Waals surface area contributed by atoms with E-state index >= 15 is 0 Å². The zero-order chi connectivity index (χ0) is 15.3. The van der Waals surface area contributed by atoms with Crippen molar-refractivity contribution in [2.24, 2.45) is 0 Å². The number of ether oxygens (including phenoxy) is 2. The monoisotopic (exact) mass is 302 g/mol. The number of hydrogen-bond donors (Lipinski definition) is 2. The SMILES string of the molecule is CCC(CC)NS(=O)(=O)c1cc(N)c(OC)cc1OC. The van der Waals surface area contributed by atoms with Crippen LogP contribution < -0.4 is 19.9 Å². The van der Waals surface area contributed by atoms with Crippen LogP contribution in [0.1, 0.15) is 26.7 Å². The molecule has 0 radical (unpaired) electrons. The number of anilines is 1. The number of nitrogens with one attached hydrogen (secondary N) is 1. The predicted octanol–water partition coefficient (Wildman–Crippen LogP) is 1.75. The van der Waals surface area contributed by atoms with Crippen molar-refractivity contribution in [3.8, 4) is 11.5 Å². The summed E-state index contributed by atoms with van der Waals surface area (Å²) in [5.41, 5.74) is 6.02. The number of hydrogen-bond acceptors (Lipinski definition) is 5. The molecule has 0 aliphatic carbocycles. The van der Waals surface area contributed by atoms with Gasteiger partial charge in [-0.15, -0.1) is 0 Å². The second kappa shape index (κ2) is 6.81. The van der Waals surface area contributed by atoms with E-state index in [0.29, 0.717) is 18.6 Å². The van der Waals surface area contributed by atoms with E-state index in [2.05, 4.69) is 4.72 Å². The Kier molecular flexibility index (Phi) is 5.64. The Labute approximate surface area is 120 Å². The van der Waals surface area contributed by atoms with Crippen LogP contribution in [-0.2, 0) is 10.0 Å². The molecule has 20 heavy (non-hydrogen) atoms. The number of nitrogens with two attached hydrogens (primary N) is 1. The van der Waals surface area contributed by atoms with Gasteiger partial charge in [0.05, 0.1) is 19.9 Å². The van der Waals surface area contributed by atoms with E-state index < -0.39 is 10.0 Å². The molecule has 0 unspecified atom stereocenters. The zero-order valence-corrected chi connectivity index (χ0v) is 13.1. The number of rotatable bonds is 7. The van der Waals surface area contributed by atoms with E-state index in [1.54, 1.807) is 0 Å². The van der Waals surface area contributed by atoms with Gasteiger partial charge in [0.25, 0.3) is 0 Å². The lowest BCUT2D eigenvalue weighted by molar-refractivity contribution is 0.387. The molecule has 0 bridgehead atoms. The highest BCUT2D eigenvalue weighted by Crippen LogP contribution is 2.33. The van der Waals surface area contributed by atoms with Gasteiger partial charge in [-0.3, -0.25) is 0 Å². The second-order valence-electron chi connectivity index (χ2n) is 4.38. The molecule has 0 aliphatic rings. The largest absolute Gasteiger partial charge is 0.495 e. The maximum atomic E-state index is 12.4. The van der Waals surface area contributed by atoms with E-state index in [9.17, 15) is 8.42 Å². The molecule has 0 aliphatic heterocycles. The van der Waals surface area contributed by atoms with Crippen molar-refractivity contribution in [3.63, 3.8) is 0 Å². The molecule has 0 saturated carbocycles. The first-order valence-corrected chi connectivity index (χ1v) is 7.91. The molecule has 0 fully saturated rings. The summed E-state index contributed by atoms with van der Waals surface area (Å²) < 4.78 is 37.6. The number of nitrogen functional groups attached to an aromatic ring is 1. The lowest BCUT2D eigenvalue weighted by Gasteiger charge is -2.17. The molecule has 6 nitrogen and oxygen atoms in total. The summed E-state index contributed by atoms with van der Waals surface area (Å²) in [4.78, 5) is 0.0187. The smallest absolute Gasteiger partial charge is 0.244 e. The lowest BCUT2D eigenvalue weighted by Crippen LogP contribution is -2.34. The van der Waals surface area contributed by atoms with Crippen molar-refractivity contribution in [1.82, 2.24) is 4.72 Å². The topological polar surface area (TPSA) is 90.7 Å². The Balaban J connectivity index is 3.27. The Hall–Kier alpha value is -1.47. The summed E-state index contributed by atoms with van der Waals surface area (Å²) >= 11 is 0. The molecule has 7 heteroatoms. The van der Waals surface area contributed by atoms with Gasteiger partial charge in [0.2, 0.25) is 10.0 Å².